The number of hydrogen-bond acceptors (Lipinski definition) is 5. The van der Waals surface area contributed by atoms with E-state index < -0.39 is 5.91 Å². The van der Waals surface area contributed by atoms with Gasteiger partial charge in [-0.2, -0.15) is 5.10 Å². The zero-order chi connectivity index (χ0) is 17.4. The van der Waals surface area contributed by atoms with Gasteiger partial charge in [0.2, 0.25) is 0 Å². The molecule has 0 aliphatic heterocycles. The second-order valence-electron chi connectivity index (χ2n) is 6.09. The maximum absolute atomic E-state index is 12.5. The molecule has 0 bridgehead atoms. The van der Waals surface area contributed by atoms with E-state index in [1.54, 1.807) is 24.3 Å². The number of nitrogens with one attached hydrogen (secondary N) is 2. The Morgan fingerprint density at radius 3 is 2.96 bits per heavy atom. The molecule has 0 fully saturated rings. The lowest BCUT2D eigenvalue weighted by Gasteiger charge is -2.24. The summed E-state index contributed by atoms with van der Waals surface area (Å²) in [5.74, 6) is -0.451. The van der Waals surface area contributed by atoms with Gasteiger partial charge in [-0.05, 0) is 37.0 Å². The molecule has 3 aromatic rings. The third kappa shape index (κ3) is 2.96. The molecular weight excluding hydrogens is 322 g/mol. The van der Waals surface area contributed by atoms with Crippen LogP contribution in [0, 0.1) is 0 Å². The third-order valence-corrected chi connectivity index (χ3v) is 4.37. The highest BCUT2D eigenvalue weighted by Gasteiger charge is 2.23. The fraction of sp³-hybridized carbons (Fsp3) is 0.222. The smallest absolute Gasteiger partial charge is 0.287 e. The summed E-state index contributed by atoms with van der Waals surface area (Å²) in [4.78, 5) is 36.0. The van der Waals surface area contributed by atoms with Crippen molar-refractivity contribution in [2.75, 3.05) is 0 Å². The lowest BCUT2D eigenvalue weighted by Crippen LogP contribution is -2.39. The normalized spacial score (nSPS) is 16.4. The molecule has 4 rings (SSSR count). The van der Waals surface area contributed by atoms with E-state index in [0.29, 0.717) is 30.2 Å². The van der Waals surface area contributed by atoms with E-state index in [4.69, 9.17) is 4.42 Å². The van der Waals surface area contributed by atoms with Crippen LogP contribution in [0.25, 0.3) is 11.0 Å². The molecule has 7 nitrogen and oxygen atoms in total. The van der Waals surface area contributed by atoms with Gasteiger partial charge in [-0.3, -0.25) is 14.4 Å². The first-order chi connectivity index (χ1) is 12.1. The lowest BCUT2D eigenvalue weighted by atomic mass is 9.92. The van der Waals surface area contributed by atoms with Crippen molar-refractivity contribution in [3.05, 3.63) is 74.0 Å². The summed E-state index contributed by atoms with van der Waals surface area (Å²) in [5, 5.41) is 9.76. The van der Waals surface area contributed by atoms with Gasteiger partial charge in [0, 0.05) is 18.2 Å². The average molecular weight is 337 g/mol. The van der Waals surface area contributed by atoms with Crippen molar-refractivity contribution >= 4 is 16.9 Å². The van der Waals surface area contributed by atoms with Gasteiger partial charge >= 0.3 is 0 Å². The third-order valence-electron chi connectivity index (χ3n) is 4.37. The molecule has 25 heavy (non-hydrogen) atoms. The molecule has 0 radical (unpaired) electrons. The number of para-hydroxylation sites is 1. The molecule has 1 atom stereocenters. The summed E-state index contributed by atoms with van der Waals surface area (Å²) in [6.45, 7) is 0. The van der Waals surface area contributed by atoms with Crippen molar-refractivity contribution in [3.63, 3.8) is 0 Å². The molecule has 1 amide bonds. The van der Waals surface area contributed by atoms with Crippen LogP contribution >= 0.6 is 0 Å². The Hall–Kier alpha value is -3.22. The Morgan fingerprint density at radius 2 is 2.08 bits per heavy atom. The van der Waals surface area contributed by atoms with Gasteiger partial charge in [-0.15, -0.1) is 0 Å². The maximum atomic E-state index is 12.5. The summed E-state index contributed by atoms with van der Waals surface area (Å²) >= 11 is 0. The van der Waals surface area contributed by atoms with Crippen molar-refractivity contribution in [3.8, 4) is 0 Å². The largest absolute Gasteiger partial charge is 0.451 e. The van der Waals surface area contributed by atoms with Crippen molar-refractivity contribution in [2.24, 2.45) is 0 Å². The molecule has 0 unspecified atom stereocenters. The lowest BCUT2D eigenvalue weighted by molar-refractivity contribution is 0.0906. The second-order valence-corrected chi connectivity index (χ2v) is 6.09. The molecule has 0 saturated carbocycles. The summed E-state index contributed by atoms with van der Waals surface area (Å²) in [6, 6.07) is 9.38. The number of carbonyl (C=O) groups excluding carboxylic acids is 1. The van der Waals surface area contributed by atoms with Gasteiger partial charge in [-0.25, -0.2) is 5.10 Å². The highest BCUT2D eigenvalue weighted by atomic mass is 16.3. The number of nitrogens with zero attached hydrogens (tertiary/aromatic N) is 1. The van der Waals surface area contributed by atoms with Crippen LogP contribution in [0.2, 0.25) is 0 Å². The molecule has 1 aromatic carbocycles. The van der Waals surface area contributed by atoms with Gasteiger partial charge in [0.15, 0.2) is 11.2 Å². The van der Waals surface area contributed by atoms with Gasteiger partial charge in [0.05, 0.1) is 11.1 Å². The van der Waals surface area contributed by atoms with Gasteiger partial charge < -0.3 is 9.73 Å². The summed E-state index contributed by atoms with van der Waals surface area (Å²) < 4.78 is 5.56. The number of aromatic amines is 1. The molecule has 0 spiro atoms. The van der Waals surface area contributed by atoms with Crippen LogP contribution in [0.15, 0.2) is 50.4 Å². The van der Waals surface area contributed by atoms with Crippen LogP contribution in [0.1, 0.15) is 28.2 Å². The number of fused-ring (bicyclic) bond motifs is 2. The monoisotopic (exact) mass is 337 g/mol. The van der Waals surface area contributed by atoms with Gasteiger partial charge in [0.1, 0.15) is 5.58 Å². The standard InChI is InChI=1S/C18H15N3O4/c22-14-9-16(25-15-4-2-1-3-12(14)15)18(24)19-11-5-6-13-10(7-11)8-17(23)21-20-13/h1-4,8-9,11H,5-7H2,(H,19,24)(H,21,23)/t11-/m1/s1. The maximum Gasteiger partial charge on any atom is 0.287 e. The number of benzene rings is 1. The van der Waals surface area contributed by atoms with Crippen molar-refractivity contribution in [2.45, 2.75) is 25.3 Å². The van der Waals surface area contributed by atoms with Crippen LogP contribution < -0.4 is 16.3 Å². The molecule has 7 heteroatoms. The minimum absolute atomic E-state index is 0.0152. The number of carbonyl (C=O) groups is 1. The molecule has 0 saturated heterocycles. The first kappa shape index (κ1) is 15.3. The molecule has 2 aromatic heterocycles. The molecule has 1 aliphatic rings. The number of amides is 1. The first-order valence-electron chi connectivity index (χ1n) is 8.01. The molecule has 1 aliphatic carbocycles. The zero-order valence-electron chi connectivity index (χ0n) is 13.2. The van der Waals surface area contributed by atoms with Gasteiger partial charge in [-0.1, -0.05) is 12.1 Å². The SMILES string of the molecule is O=C(N[C@@H]1CCc2n[nH]c(=O)cc2C1)c1cc(=O)c2ccccc2o1. The topological polar surface area (TPSA) is 105 Å². The van der Waals surface area contributed by atoms with Crippen LogP contribution in [-0.4, -0.2) is 22.1 Å². The van der Waals surface area contributed by atoms with Crippen LogP contribution in [0.4, 0.5) is 0 Å². The Kier molecular flexibility index (Phi) is 3.68. The molecule has 126 valence electrons. The number of hydrogen-bond donors (Lipinski definition) is 2. The average Bonchev–Trinajstić information content (AvgIpc) is 2.61. The first-order valence-corrected chi connectivity index (χ1v) is 8.01. The van der Waals surface area contributed by atoms with E-state index in [0.717, 1.165) is 11.3 Å². The van der Waals surface area contributed by atoms with E-state index in [2.05, 4.69) is 15.5 Å². The minimum atomic E-state index is -0.436. The van der Waals surface area contributed by atoms with E-state index in [-0.39, 0.29) is 22.8 Å². The van der Waals surface area contributed by atoms with Gasteiger partial charge in [0.25, 0.3) is 11.5 Å². The number of aromatic nitrogens is 2. The van der Waals surface area contributed by atoms with E-state index >= 15 is 0 Å². The van der Waals surface area contributed by atoms with E-state index in [1.165, 1.54) is 12.1 Å². The predicted octanol–water partition coefficient (Wildman–Crippen LogP) is 1.16. The zero-order valence-corrected chi connectivity index (χ0v) is 13.2. The quantitative estimate of drug-likeness (QED) is 0.730. The number of rotatable bonds is 2. The van der Waals surface area contributed by atoms with Crippen LogP contribution in [0.3, 0.4) is 0 Å². The van der Waals surface area contributed by atoms with Crippen LogP contribution in [-0.2, 0) is 12.8 Å². The van der Waals surface area contributed by atoms with Crippen molar-refractivity contribution < 1.29 is 9.21 Å². The summed E-state index contributed by atoms with van der Waals surface area (Å²) in [6.07, 6.45) is 1.89. The summed E-state index contributed by atoms with van der Waals surface area (Å²) in [5.41, 5.74) is 1.55. The fourth-order valence-corrected chi connectivity index (χ4v) is 3.14. The number of aryl methyl sites for hydroxylation is 1. The van der Waals surface area contributed by atoms with Crippen molar-refractivity contribution in [1.29, 1.82) is 0 Å². The second kappa shape index (κ2) is 6.01. The molecule has 2 N–H and O–H groups in total. The Balaban J connectivity index is 1.57. The highest BCUT2D eigenvalue weighted by Crippen LogP contribution is 2.18. The Morgan fingerprint density at radius 1 is 1.24 bits per heavy atom. The summed E-state index contributed by atoms with van der Waals surface area (Å²) in [7, 11) is 0. The number of H-pyrrole nitrogens is 1. The minimum Gasteiger partial charge on any atom is -0.451 e. The Bertz CT molecular complexity index is 1080. The molecular formula is C18H15N3O4. The predicted molar refractivity (Wildman–Crippen MR) is 90.6 cm³/mol. The fourth-order valence-electron chi connectivity index (χ4n) is 3.14. The highest BCUT2D eigenvalue weighted by molar-refractivity contribution is 5.93. The van der Waals surface area contributed by atoms with Crippen molar-refractivity contribution in [1.82, 2.24) is 15.5 Å². The molecule has 2 heterocycles. The van der Waals surface area contributed by atoms with E-state index in [1.807, 2.05) is 0 Å². The van der Waals surface area contributed by atoms with Crippen LogP contribution in [0.5, 0.6) is 0 Å². The van der Waals surface area contributed by atoms with E-state index in [9.17, 15) is 14.4 Å². The Labute approximate surface area is 141 Å².